The van der Waals surface area contributed by atoms with E-state index in [0.717, 1.165) is 23.5 Å². The minimum atomic E-state index is 0.568. The first kappa shape index (κ1) is 15.2. The van der Waals surface area contributed by atoms with Gasteiger partial charge in [-0.3, -0.25) is 4.90 Å². The number of rotatable bonds is 7. The predicted molar refractivity (Wildman–Crippen MR) is 81.3 cm³/mol. The quantitative estimate of drug-likeness (QED) is 0.772. The average molecular weight is 268 g/mol. The molecule has 0 aromatic heterocycles. The number of nitrogens with two attached hydrogens (primary N) is 1. The van der Waals surface area contributed by atoms with Crippen molar-refractivity contribution in [3.8, 4) is 5.75 Å². The van der Waals surface area contributed by atoms with Crippen molar-refractivity contribution in [2.75, 3.05) is 31.9 Å². The van der Waals surface area contributed by atoms with Crippen LogP contribution in [0.5, 0.6) is 5.75 Å². The maximum Gasteiger partial charge on any atom is 0.120 e. The lowest BCUT2D eigenvalue weighted by Gasteiger charge is -2.25. The Morgan fingerprint density at radius 1 is 1.44 bits per heavy atom. The summed E-state index contributed by atoms with van der Waals surface area (Å²) in [6.45, 7) is 3.14. The second kappa shape index (κ2) is 7.54. The van der Waals surface area contributed by atoms with E-state index in [4.69, 9.17) is 10.5 Å². The largest absolute Gasteiger partial charge is 0.497 e. The molecule has 0 aliphatic heterocycles. The van der Waals surface area contributed by atoms with E-state index >= 15 is 0 Å². The summed E-state index contributed by atoms with van der Waals surface area (Å²) in [5, 5.41) is 0. The molecule has 0 aliphatic carbocycles. The van der Waals surface area contributed by atoms with Gasteiger partial charge in [-0.1, -0.05) is 6.07 Å². The van der Waals surface area contributed by atoms with Crippen LogP contribution >= 0.6 is 11.8 Å². The fraction of sp³-hybridized carbons (Fsp3) is 0.571. The van der Waals surface area contributed by atoms with Crippen LogP contribution in [0.25, 0.3) is 0 Å². The van der Waals surface area contributed by atoms with Gasteiger partial charge in [0.25, 0.3) is 0 Å². The Bertz CT molecular complexity index is 371. The lowest BCUT2D eigenvalue weighted by atomic mass is 10.1. The molecule has 18 heavy (non-hydrogen) atoms. The van der Waals surface area contributed by atoms with Crippen molar-refractivity contribution in [1.29, 1.82) is 0 Å². The molecule has 0 aliphatic rings. The van der Waals surface area contributed by atoms with Crippen LogP contribution in [-0.2, 0) is 6.54 Å². The minimum absolute atomic E-state index is 0.568. The van der Waals surface area contributed by atoms with Gasteiger partial charge in [-0.25, -0.2) is 0 Å². The first-order valence-electron chi connectivity index (χ1n) is 6.20. The maximum atomic E-state index is 6.03. The van der Waals surface area contributed by atoms with Gasteiger partial charge >= 0.3 is 0 Å². The molecule has 4 heteroatoms. The van der Waals surface area contributed by atoms with Gasteiger partial charge in [0, 0.05) is 24.3 Å². The lowest BCUT2D eigenvalue weighted by Crippen LogP contribution is -2.29. The SMILES string of the molecule is COc1ccc(CN(C)C(C)CCSC)c(N)c1. The molecule has 0 spiro atoms. The smallest absolute Gasteiger partial charge is 0.120 e. The summed E-state index contributed by atoms with van der Waals surface area (Å²) in [5.41, 5.74) is 8.00. The zero-order valence-corrected chi connectivity index (χ0v) is 12.6. The molecule has 0 saturated heterocycles. The van der Waals surface area contributed by atoms with Gasteiger partial charge in [-0.2, -0.15) is 11.8 Å². The number of nitrogens with zero attached hydrogens (tertiary/aromatic N) is 1. The third-order valence-electron chi connectivity index (χ3n) is 3.26. The van der Waals surface area contributed by atoms with E-state index in [1.807, 2.05) is 30.0 Å². The van der Waals surface area contributed by atoms with Gasteiger partial charge in [0.05, 0.1) is 7.11 Å². The minimum Gasteiger partial charge on any atom is -0.497 e. The molecule has 1 aromatic rings. The topological polar surface area (TPSA) is 38.5 Å². The van der Waals surface area contributed by atoms with Gasteiger partial charge in [-0.05, 0) is 44.0 Å². The highest BCUT2D eigenvalue weighted by molar-refractivity contribution is 7.98. The van der Waals surface area contributed by atoms with Gasteiger partial charge < -0.3 is 10.5 Å². The van der Waals surface area contributed by atoms with E-state index in [9.17, 15) is 0 Å². The van der Waals surface area contributed by atoms with Crippen LogP contribution in [0, 0.1) is 0 Å². The van der Waals surface area contributed by atoms with Gasteiger partial charge in [0.15, 0.2) is 0 Å². The van der Waals surface area contributed by atoms with E-state index in [1.54, 1.807) is 7.11 Å². The lowest BCUT2D eigenvalue weighted by molar-refractivity contribution is 0.245. The number of nitrogen functional groups attached to an aromatic ring is 1. The Morgan fingerprint density at radius 3 is 2.72 bits per heavy atom. The number of thioether (sulfide) groups is 1. The predicted octanol–water partition coefficient (Wildman–Crippen LogP) is 2.85. The zero-order chi connectivity index (χ0) is 13.5. The zero-order valence-electron chi connectivity index (χ0n) is 11.8. The van der Waals surface area contributed by atoms with E-state index in [1.165, 1.54) is 12.2 Å². The van der Waals surface area contributed by atoms with Crippen LogP contribution in [0.2, 0.25) is 0 Å². The Morgan fingerprint density at radius 2 is 2.17 bits per heavy atom. The van der Waals surface area contributed by atoms with Crippen molar-refractivity contribution in [2.45, 2.75) is 25.9 Å². The Hall–Kier alpha value is -0.870. The average Bonchev–Trinajstić information content (AvgIpc) is 2.38. The number of benzene rings is 1. The van der Waals surface area contributed by atoms with Gasteiger partial charge in [0.2, 0.25) is 0 Å². The molecular formula is C14H24N2OS. The number of methoxy groups -OCH3 is 1. The third-order valence-corrected chi connectivity index (χ3v) is 3.91. The Labute approximate surface area is 115 Å². The molecule has 3 nitrogen and oxygen atoms in total. The monoisotopic (exact) mass is 268 g/mol. The van der Waals surface area contributed by atoms with E-state index in [0.29, 0.717) is 6.04 Å². The van der Waals surface area contributed by atoms with Crippen molar-refractivity contribution < 1.29 is 4.74 Å². The summed E-state index contributed by atoms with van der Waals surface area (Å²) >= 11 is 1.89. The summed E-state index contributed by atoms with van der Waals surface area (Å²) in [7, 11) is 3.81. The molecule has 1 aromatic carbocycles. The molecule has 0 amide bonds. The van der Waals surface area contributed by atoms with Crippen molar-refractivity contribution in [3.63, 3.8) is 0 Å². The molecule has 0 bridgehead atoms. The molecule has 1 atom stereocenters. The van der Waals surface area contributed by atoms with Crippen molar-refractivity contribution in [1.82, 2.24) is 4.90 Å². The Balaban J connectivity index is 2.61. The molecule has 0 fully saturated rings. The first-order chi connectivity index (χ1) is 8.58. The van der Waals surface area contributed by atoms with Crippen LogP contribution in [0.3, 0.4) is 0 Å². The summed E-state index contributed by atoms with van der Waals surface area (Å²) in [6.07, 6.45) is 3.35. The number of ether oxygens (including phenoxy) is 1. The normalized spacial score (nSPS) is 12.7. The first-order valence-corrected chi connectivity index (χ1v) is 7.59. The summed E-state index contributed by atoms with van der Waals surface area (Å²) < 4.78 is 5.16. The molecule has 0 saturated carbocycles. The fourth-order valence-electron chi connectivity index (χ4n) is 1.78. The van der Waals surface area contributed by atoms with Crippen LogP contribution in [0.15, 0.2) is 18.2 Å². The van der Waals surface area contributed by atoms with Crippen molar-refractivity contribution in [3.05, 3.63) is 23.8 Å². The molecule has 0 heterocycles. The number of hydrogen-bond donors (Lipinski definition) is 1. The van der Waals surface area contributed by atoms with E-state index < -0.39 is 0 Å². The number of hydrogen-bond acceptors (Lipinski definition) is 4. The highest BCUT2D eigenvalue weighted by Gasteiger charge is 2.11. The fourth-order valence-corrected chi connectivity index (χ4v) is 2.35. The highest BCUT2D eigenvalue weighted by Crippen LogP contribution is 2.21. The maximum absolute atomic E-state index is 6.03. The molecule has 1 rings (SSSR count). The van der Waals surface area contributed by atoms with Crippen LogP contribution in [-0.4, -0.2) is 37.1 Å². The molecule has 102 valence electrons. The summed E-state index contributed by atoms with van der Waals surface area (Å²) in [6, 6.07) is 6.47. The van der Waals surface area contributed by atoms with Crippen LogP contribution in [0.1, 0.15) is 18.9 Å². The van der Waals surface area contributed by atoms with Gasteiger partial charge in [0.1, 0.15) is 5.75 Å². The molecule has 1 unspecified atom stereocenters. The van der Waals surface area contributed by atoms with Crippen molar-refractivity contribution in [2.24, 2.45) is 0 Å². The van der Waals surface area contributed by atoms with Gasteiger partial charge in [-0.15, -0.1) is 0 Å². The van der Waals surface area contributed by atoms with E-state index in [2.05, 4.69) is 25.1 Å². The summed E-state index contributed by atoms with van der Waals surface area (Å²) in [5.74, 6) is 2.01. The van der Waals surface area contributed by atoms with Crippen LogP contribution < -0.4 is 10.5 Å². The number of anilines is 1. The highest BCUT2D eigenvalue weighted by atomic mass is 32.2. The van der Waals surface area contributed by atoms with Crippen LogP contribution in [0.4, 0.5) is 5.69 Å². The summed E-state index contributed by atoms with van der Waals surface area (Å²) in [4.78, 5) is 2.34. The standard InChI is InChI=1S/C14H24N2OS/c1-11(7-8-18-4)16(2)10-12-5-6-13(17-3)9-14(12)15/h5-6,9,11H,7-8,10,15H2,1-4H3. The molecule has 2 N–H and O–H groups in total. The van der Waals surface area contributed by atoms with E-state index in [-0.39, 0.29) is 0 Å². The molecular weight excluding hydrogens is 244 g/mol. The Kier molecular flexibility index (Phi) is 6.36. The third kappa shape index (κ3) is 4.42. The second-order valence-corrected chi connectivity index (χ2v) is 5.60. The van der Waals surface area contributed by atoms with Crippen molar-refractivity contribution >= 4 is 17.4 Å². The molecule has 0 radical (unpaired) electrons. The second-order valence-electron chi connectivity index (χ2n) is 4.61.